The van der Waals surface area contributed by atoms with Crippen LogP contribution < -0.4 is 15.0 Å². The maximum atomic E-state index is 12.2. The molecule has 1 aliphatic rings. The van der Waals surface area contributed by atoms with Crippen LogP contribution in [0.5, 0.6) is 5.75 Å². The monoisotopic (exact) mass is 481 g/mol. The summed E-state index contributed by atoms with van der Waals surface area (Å²) in [4.78, 5) is 23.9. The molecule has 34 heavy (non-hydrogen) atoms. The van der Waals surface area contributed by atoms with E-state index in [0.717, 1.165) is 23.6 Å². The van der Waals surface area contributed by atoms with E-state index < -0.39 is 17.3 Å². The molecule has 1 amide bonds. The summed E-state index contributed by atoms with van der Waals surface area (Å²) in [6.07, 6.45) is -0.560. The number of hydrogen-bond donors (Lipinski definition) is 2. The highest BCUT2D eigenvalue weighted by atomic mass is 32.2. The van der Waals surface area contributed by atoms with Gasteiger partial charge in [0.2, 0.25) is 0 Å². The number of benzene rings is 2. The Morgan fingerprint density at radius 1 is 1.21 bits per heavy atom. The lowest BCUT2D eigenvalue weighted by molar-refractivity contribution is 0.0985. The van der Waals surface area contributed by atoms with Gasteiger partial charge in [0.05, 0.1) is 24.9 Å². The molecule has 1 aromatic heterocycles. The van der Waals surface area contributed by atoms with Gasteiger partial charge in [-0.1, -0.05) is 18.2 Å². The van der Waals surface area contributed by atoms with Gasteiger partial charge in [-0.3, -0.25) is 5.32 Å². The van der Waals surface area contributed by atoms with Crippen molar-refractivity contribution < 1.29 is 18.8 Å². The Labute approximate surface area is 202 Å². The first-order valence-electron chi connectivity index (χ1n) is 11.2. The normalized spacial score (nSPS) is 16.7. The van der Waals surface area contributed by atoms with Crippen molar-refractivity contribution >= 4 is 28.8 Å². The molecule has 1 aliphatic heterocycles. The Hall–Kier alpha value is -3.14. The number of morpholine rings is 1. The van der Waals surface area contributed by atoms with Crippen LogP contribution in [0.15, 0.2) is 60.7 Å². The summed E-state index contributed by atoms with van der Waals surface area (Å²) >= 11 is -0.737. The fourth-order valence-corrected chi connectivity index (χ4v) is 4.31. The number of anilines is 2. The molecule has 0 spiro atoms. The molecule has 2 aromatic carbocycles. The van der Waals surface area contributed by atoms with Crippen LogP contribution in [0.1, 0.15) is 19.5 Å². The van der Waals surface area contributed by atoms with E-state index in [2.05, 4.69) is 17.1 Å². The molecule has 8 nitrogen and oxygen atoms in total. The summed E-state index contributed by atoms with van der Waals surface area (Å²) < 4.78 is 21.1. The lowest BCUT2D eigenvalue weighted by Crippen LogP contribution is -2.44. The zero-order valence-corrected chi connectivity index (χ0v) is 20.1. The van der Waals surface area contributed by atoms with Crippen molar-refractivity contribution in [3.63, 3.8) is 0 Å². The molecule has 0 aliphatic carbocycles. The number of carbonyl (C=O) groups is 1. The van der Waals surface area contributed by atoms with Gasteiger partial charge >= 0.3 is 6.09 Å². The van der Waals surface area contributed by atoms with Crippen molar-refractivity contribution in [1.82, 2.24) is 9.97 Å². The fourth-order valence-electron chi connectivity index (χ4n) is 3.62. The van der Waals surface area contributed by atoms with E-state index >= 15 is 0 Å². The molecule has 178 valence electrons. The van der Waals surface area contributed by atoms with Gasteiger partial charge in [-0.25, -0.2) is 14.8 Å². The lowest BCUT2D eigenvalue weighted by atomic mass is 10.2. The number of rotatable bonds is 7. The molecule has 1 fully saturated rings. The zero-order chi connectivity index (χ0) is 23.9. The van der Waals surface area contributed by atoms with Crippen molar-refractivity contribution in [1.29, 1.82) is 0 Å². The van der Waals surface area contributed by atoms with Gasteiger partial charge < -0.3 is 14.4 Å². The maximum absolute atomic E-state index is 12.2. The quantitative estimate of drug-likeness (QED) is 0.477. The Balaban J connectivity index is 1.54. The van der Waals surface area contributed by atoms with E-state index in [1.54, 1.807) is 36.4 Å². The molecular formula is C25H29N4O4S+. The van der Waals surface area contributed by atoms with E-state index in [0.29, 0.717) is 42.0 Å². The standard InChI is InChI=1S/C25H28N4O4S/c1-3-34(31)17-21-15-23(29-13-14-32-16-18(29)2)28-24(26-21)19-9-11-20(12-10-19)27-25(30)33-22-7-5-4-6-8-22/h4-12,15,18,31H,3,13-14,16-17H2,1-2H3/p+1/t18-,34?/m0/s1. The van der Waals surface area contributed by atoms with Crippen LogP contribution in [0.25, 0.3) is 11.4 Å². The second kappa shape index (κ2) is 11.3. The molecule has 2 heterocycles. The molecular weight excluding hydrogens is 452 g/mol. The van der Waals surface area contributed by atoms with Gasteiger partial charge in [0.15, 0.2) is 11.6 Å². The summed E-state index contributed by atoms with van der Waals surface area (Å²) in [5, 5.41) is 2.73. The molecule has 2 atom stereocenters. The summed E-state index contributed by atoms with van der Waals surface area (Å²) in [6, 6.07) is 18.4. The second-order valence-electron chi connectivity index (χ2n) is 7.96. The zero-order valence-electron chi connectivity index (χ0n) is 19.3. The van der Waals surface area contributed by atoms with E-state index in [-0.39, 0.29) is 6.04 Å². The van der Waals surface area contributed by atoms with E-state index in [1.807, 2.05) is 31.2 Å². The summed E-state index contributed by atoms with van der Waals surface area (Å²) in [5.74, 6) is 3.06. The van der Waals surface area contributed by atoms with Crippen molar-refractivity contribution in [2.75, 3.05) is 35.7 Å². The smallest absolute Gasteiger partial charge is 0.410 e. The number of nitrogens with zero attached hydrogens (tertiary/aromatic N) is 3. The van der Waals surface area contributed by atoms with Crippen LogP contribution in [-0.4, -0.2) is 52.2 Å². The number of hydrogen-bond acceptors (Lipinski definition) is 7. The van der Waals surface area contributed by atoms with Gasteiger partial charge in [-0.05, 0) is 50.2 Å². The Kier molecular flexibility index (Phi) is 7.99. The predicted octanol–water partition coefficient (Wildman–Crippen LogP) is 4.59. The first-order chi connectivity index (χ1) is 16.5. The molecule has 1 saturated heterocycles. The summed E-state index contributed by atoms with van der Waals surface area (Å²) in [7, 11) is 0. The lowest BCUT2D eigenvalue weighted by Gasteiger charge is -2.34. The topological polar surface area (TPSA) is 96.8 Å². The van der Waals surface area contributed by atoms with Crippen molar-refractivity contribution in [2.24, 2.45) is 0 Å². The molecule has 0 radical (unpaired) electrons. The molecule has 2 N–H and O–H groups in total. The minimum atomic E-state index is -0.737. The van der Waals surface area contributed by atoms with Crippen LogP contribution in [-0.2, 0) is 21.7 Å². The van der Waals surface area contributed by atoms with Gasteiger partial charge in [0.25, 0.3) is 0 Å². The fraction of sp³-hybridized carbons (Fsp3) is 0.320. The SMILES string of the molecule is CC[S+](O)Cc1cc(N2CCOC[C@@H]2C)nc(-c2ccc(NC(=O)Oc3ccccc3)cc2)n1. The highest BCUT2D eigenvalue weighted by molar-refractivity contribution is 7.90. The minimum absolute atomic E-state index is 0.199. The van der Waals surface area contributed by atoms with Crippen molar-refractivity contribution in [2.45, 2.75) is 25.6 Å². The maximum Gasteiger partial charge on any atom is 0.417 e. The Morgan fingerprint density at radius 3 is 2.68 bits per heavy atom. The van der Waals surface area contributed by atoms with Gasteiger partial charge in [0.1, 0.15) is 28.5 Å². The number of ether oxygens (including phenoxy) is 2. The molecule has 0 bridgehead atoms. The van der Waals surface area contributed by atoms with Gasteiger partial charge in [-0.15, -0.1) is 0 Å². The second-order valence-corrected chi connectivity index (χ2v) is 9.75. The number of para-hydroxylation sites is 1. The van der Waals surface area contributed by atoms with Crippen LogP contribution in [0.4, 0.5) is 16.3 Å². The van der Waals surface area contributed by atoms with Crippen molar-refractivity contribution in [3.05, 3.63) is 66.4 Å². The van der Waals surface area contributed by atoms with E-state index in [4.69, 9.17) is 19.4 Å². The van der Waals surface area contributed by atoms with Crippen LogP contribution >= 0.6 is 0 Å². The largest absolute Gasteiger partial charge is 0.417 e. The number of aromatic nitrogens is 2. The first-order valence-corrected chi connectivity index (χ1v) is 12.8. The molecule has 3 aromatic rings. The predicted molar refractivity (Wildman–Crippen MR) is 135 cm³/mol. The summed E-state index contributed by atoms with van der Waals surface area (Å²) in [5.41, 5.74) is 2.23. The van der Waals surface area contributed by atoms with Crippen molar-refractivity contribution in [3.8, 4) is 17.1 Å². The van der Waals surface area contributed by atoms with Crippen LogP contribution in [0, 0.1) is 0 Å². The van der Waals surface area contributed by atoms with Crippen LogP contribution in [0.2, 0.25) is 0 Å². The number of amides is 1. The average Bonchev–Trinajstić information content (AvgIpc) is 2.85. The molecule has 4 rings (SSSR count). The third kappa shape index (κ3) is 6.25. The third-order valence-corrected chi connectivity index (χ3v) is 6.71. The van der Waals surface area contributed by atoms with E-state index in [9.17, 15) is 9.35 Å². The highest BCUT2D eigenvalue weighted by Gasteiger charge is 2.23. The van der Waals surface area contributed by atoms with Crippen LogP contribution in [0.3, 0.4) is 0 Å². The Morgan fingerprint density at radius 2 is 1.97 bits per heavy atom. The van der Waals surface area contributed by atoms with E-state index in [1.165, 1.54) is 0 Å². The van der Waals surface area contributed by atoms with Gasteiger partial charge in [-0.2, -0.15) is 4.55 Å². The molecule has 1 unspecified atom stereocenters. The molecule has 0 saturated carbocycles. The summed E-state index contributed by atoms with van der Waals surface area (Å²) in [6.45, 7) is 6.12. The highest BCUT2D eigenvalue weighted by Crippen LogP contribution is 2.25. The molecule has 9 heteroatoms. The Bertz CT molecular complexity index is 1100. The number of carbonyl (C=O) groups excluding carboxylic acids is 1. The average molecular weight is 482 g/mol. The third-order valence-electron chi connectivity index (χ3n) is 5.42. The first kappa shape index (κ1) is 24.0. The van der Waals surface area contributed by atoms with Gasteiger partial charge in [0, 0.05) is 23.9 Å². The minimum Gasteiger partial charge on any atom is -0.410 e. The number of nitrogens with one attached hydrogen (secondary N) is 1.